The van der Waals surface area contributed by atoms with Crippen molar-refractivity contribution in [1.29, 1.82) is 0 Å². The second-order valence-electron chi connectivity index (χ2n) is 7.14. The highest BCUT2D eigenvalue weighted by atomic mass is 16.5. The van der Waals surface area contributed by atoms with Crippen LogP contribution in [0.15, 0.2) is 36.4 Å². The molecule has 0 aliphatic heterocycles. The minimum Gasteiger partial charge on any atom is -0.493 e. The van der Waals surface area contributed by atoms with Gasteiger partial charge in [0.15, 0.2) is 18.1 Å². The molecule has 0 radical (unpaired) electrons. The number of hydrogen-bond acceptors (Lipinski definition) is 5. The first kappa shape index (κ1) is 20.7. The number of ether oxygens (including phenoxy) is 3. The normalized spacial score (nSPS) is 13.8. The van der Waals surface area contributed by atoms with Gasteiger partial charge in [-0.15, -0.1) is 0 Å². The molecule has 2 aromatic carbocycles. The van der Waals surface area contributed by atoms with Crippen LogP contribution < -0.4 is 14.8 Å². The van der Waals surface area contributed by atoms with Gasteiger partial charge in [0.2, 0.25) is 0 Å². The molecule has 1 amide bonds. The van der Waals surface area contributed by atoms with Crippen molar-refractivity contribution in [3.63, 3.8) is 0 Å². The van der Waals surface area contributed by atoms with Crippen LogP contribution in [-0.2, 0) is 22.4 Å². The molecule has 154 valence electrons. The topological polar surface area (TPSA) is 73.9 Å². The summed E-state index contributed by atoms with van der Waals surface area (Å²) < 4.78 is 15.6. The number of carbonyl (C=O) groups excluding carboxylic acids is 2. The van der Waals surface area contributed by atoms with Gasteiger partial charge in [0.25, 0.3) is 5.91 Å². The third-order valence-corrected chi connectivity index (χ3v) is 5.21. The highest BCUT2D eigenvalue weighted by Gasteiger charge is 2.20. The third kappa shape index (κ3) is 4.88. The maximum Gasteiger partial charge on any atom is 0.342 e. The van der Waals surface area contributed by atoms with E-state index in [-0.39, 0.29) is 29.9 Å². The van der Waals surface area contributed by atoms with Gasteiger partial charge in [0.1, 0.15) is 5.56 Å². The van der Waals surface area contributed by atoms with Crippen LogP contribution in [0.1, 0.15) is 52.9 Å². The molecule has 0 aromatic heterocycles. The van der Waals surface area contributed by atoms with E-state index in [9.17, 15) is 9.59 Å². The molecule has 0 fully saturated rings. The first-order valence-electron chi connectivity index (χ1n) is 9.82. The van der Waals surface area contributed by atoms with Crippen LogP contribution in [0.4, 0.5) is 0 Å². The lowest BCUT2D eigenvalue weighted by atomic mass is 9.89. The van der Waals surface area contributed by atoms with Crippen LogP contribution in [-0.4, -0.2) is 32.7 Å². The maximum atomic E-state index is 12.4. The summed E-state index contributed by atoms with van der Waals surface area (Å²) in [5, 5.41) is 2.89. The fourth-order valence-electron chi connectivity index (χ4n) is 3.65. The standard InChI is InChI=1S/C23H27NO5/c1-15(17-12-11-16-7-4-5-8-18(16)13-17)24-21(25)14-29-23(26)19-9-6-10-20(27-2)22(19)28-3/h6,9-13,15H,4-5,7-8,14H2,1-3H3,(H,24,25)/t15-/m0/s1. The van der Waals surface area contributed by atoms with E-state index in [1.807, 2.05) is 6.92 Å². The lowest BCUT2D eigenvalue weighted by Crippen LogP contribution is -2.31. The van der Waals surface area contributed by atoms with Crippen molar-refractivity contribution in [3.8, 4) is 11.5 Å². The SMILES string of the molecule is COc1cccc(C(=O)OCC(=O)N[C@@H](C)c2ccc3c(c2)CCCC3)c1OC. The Labute approximate surface area is 171 Å². The predicted molar refractivity (Wildman–Crippen MR) is 109 cm³/mol. The molecular formula is C23H27NO5. The van der Waals surface area contributed by atoms with Gasteiger partial charge in [-0.3, -0.25) is 4.79 Å². The number of esters is 1. The van der Waals surface area contributed by atoms with E-state index < -0.39 is 5.97 Å². The molecule has 6 heteroatoms. The second kappa shape index (κ2) is 9.45. The average molecular weight is 397 g/mol. The number of benzene rings is 2. The van der Waals surface area contributed by atoms with Gasteiger partial charge < -0.3 is 19.5 Å². The Morgan fingerprint density at radius 2 is 1.79 bits per heavy atom. The monoisotopic (exact) mass is 397 g/mol. The average Bonchev–Trinajstić information content (AvgIpc) is 2.76. The molecule has 1 atom stereocenters. The second-order valence-corrected chi connectivity index (χ2v) is 7.14. The minimum absolute atomic E-state index is 0.167. The van der Waals surface area contributed by atoms with E-state index in [1.54, 1.807) is 18.2 Å². The van der Waals surface area contributed by atoms with Gasteiger partial charge >= 0.3 is 5.97 Å². The highest BCUT2D eigenvalue weighted by molar-refractivity contribution is 5.95. The van der Waals surface area contributed by atoms with Crippen molar-refractivity contribution in [2.45, 2.75) is 38.6 Å². The summed E-state index contributed by atoms with van der Waals surface area (Å²) >= 11 is 0. The number of para-hydroxylation sites is 1. The van der Waals surface area contributed by atoms with Crippen LogP contribution in [0, 0.1) is 0 Å². The molecule has 0 spiro atoms. The Kier molecular flexibility index (Phi) is 6.75. The van der Waals surface area contributed by atoms with Crippen LogP contribution in [0.2, 0.25) is 0 Å². The molecule has 29 heavy (non-hydrogen) atoms. The molecule has 0 saturated carbocycles. The van der Waals surface area contributed by atoms with Crippen molar-refractivity contribution in [2.24, 2.45) is 0 Å². The third-order valence-electron chi connectivity index (χ3n) is 5.21. The van der Waals surface area contributed by atoms with Gasteiger partial charge in [-0.2, -0.15) is 0 Å². The van der Waals surface area contributed by atoms with E-state index in [0.29, 0.717) is 5.75 Å². The summed E-state index contributed by atoms with van der Waals surface area (Å²) in [7, 11) is 2.93. The Hall–Kier alpha value is -3.02. The number of hydrogen-bond donors (Lipinski definition) is 1. The number of methoxy groups -OCH3 is 2. The molecule has 6 nitrogen and oxygen atoms in total. The molecule has 3 rings (SSSR count). The van der Waals surface area contributed by atoms with Gasteiger partial charge in [0.05, 0.1) is 20.3 Å². The van der Waals surface area contributed by atoms with Gasteiger partial charge in [-0.1, -0.05) is 24.3 Å². The van der Waals surface area contributed by atoms with Crippen LogP contribution in [0.5, 0.6) is 11.5 Å². The van der Waals surface area contributed by atoms with Crippen LogP contribution in [0.3, 0.4) is 0 Å². The number of nitrogens with one attached hydrogen (secondary N) is 1. The van der Waals surface area contributed by atoms with E-state index in [2.05, 4.69) is 23.5 Å². The molecule has 0 bridgehead atoms. The fraction of sp³-hybridized carbons (Fsp3) is 0.391. The summed E-state index contributed by atoms with van der Waals surface area (Å²) in [6.07, 6.45) is 4.66. The zero-order valence-corrected chi connectivity index (χ0v) is 17.1. The Morgan fingerprint density at radius 1 is 1.03 bits per heavy atom. The zero-order valence-electron chi connectivity index (χ0n) is 17.1. The first-order chi connectivity index (χ1) is 14.0. The Balaban J connectivity index is 1.58. The smallest absolute Gasteiger partial charge is 0.342 e. The van der Waals surface area contributed by atoms with E-state index >= 15 is 0 Å². The zero-order chi connectivity index (χ0) is 20.8. The molecule has 0 heterocycles. The first-order valence-corrected chi connectivity index (χ1v) is 9.82. The largest absolute Gasteiger partial charge is 0.493 e. The number of amides is 1. The van der Waals surface area contributed by atoms with Crippen molar-refractivity contribution >= 4 is 11.9 Å². The summed E-state index contributed by atoms with van der Waals surface area (Å²) in [5.74, 6) is -0.293. The quantitative estimate of drug-likeness (QED) is 0.723. The molecule has 0 saturated heterocycles. The Morgan fingerprint density at radius 3 is 2.52 bits per heavy atom. The van der Waals surface area contributed by atoms with Crippen molar-refractivity contribution in [3.05, 3.63) is 58.7 Å². The van der Waals surface area contributed by atoms with Crippen molar-refractivity contribution in [1.82, 2.24) is 5.32 Å². The van der Waals surface area contributed by atoms with Gasteiger partial charge in [-0.05, 0) is 61.4 Å². The maximum absolute atomic E-state index is 12.4. The summed E-state index contributed by atoms with van der Waals surface area (Å²) in [6.45, 7) is 1.56. The summed E-state index contributed by atoms with van der Waals surface area (Å²) in [4.78, 5) is 24.7. The van der Waals surface area contributed by atoms with Gasteiger partial charge in [0, 0.05) is 0 Å². The fourth-order valence-corrected chi connectivity index (χ4v) is 3.65. The summed E-state index contributed by atoms with van der Waals surface area (Å²) in [5.41, 5.74) is 4.04. The number of carbonyl (C=O) groups is 2. The van der Waals surface area contributed by atoms with Crippen LogP contribution in [0.25, 0.3) is 0 Å². The number of aryl methyl sites for hydroxylation is 2. The molecular weight excluding hydrogens is 370 g/mol. The number of rotatable bonds is 7. The van der Waals surface area contributed by atoms with E-state index in [1.165, 1.54) is 38.2 Å². The minimum atomic E-state index is -0.641. The lowest BCUT2D eigenvalue weighted by Gasteiger charge is -2.20. The van der Waals surface area contributed by atoms with Crippen molar-refractivity contribution in [2.75, 3.05) is 20.8 Å². The molecule has 0 unspecified atom stereocenters. The predicted octanol–water partition coefficient (Wildman–Crippen LogP) is 3.62. The molecule has 1 aliphatic rings. The van der Waals surface area contributed by atoms with Crippen molar-refractivity contribution < 1.29 is 23.8 Å². The Bertz CT molecular complexity index is 893. The highest BCUT2D eigenvalue weighted by Crippen LogP contribution is 2.31. The lowest BCUT2D eigenvalue weighted by molar-refractivity contribution is -0.124. The molecule has 2 aromatic rings. The van der Waals surface area contributed by atoms with E-state index in [0.717, 1.165) is 18.4 Å². The molecule has 1 N–H and O–H groups in total. The van der Waals surface area contributed by atoms with Crippen LogP contribution >= 0.6 is 0 Å². The molecule has 1 aliphatic carbocycles. The van der Waals surface area contributed by atoms with E-state index in [4.69, 9.17) is 14.2 Å². The number of fused-ring (bicyclic) bond motifs is 1. The van der Waals surface area contributed by atoms with Gasteiger partial charge in [-0.25, -0.2) is 4.79 Å². The summed E-state index contributed by atoms with van der Waals surface area (Å²) in [6, 6.07) is 11.1.